The first-order valence-electron chi connectivity index (χ1n) is 10.5. The fraction of sp³-hybridized carbons (Fsp3) is 0.591. The number of hydrogen-bond acceptors (Lipinski definition) is 6. The Kier molecular flexibility index (Phi) is 6.92. The van der Waals surface area contributed by atoms with E-state index in [9.17, 15) is 14.4 Å². The Morgan fingerprint density at radius 1 is 0.935 bits per heavy atom. The molecule has 9 nitrogen and oxygen atoms in total. The first-order chi connectivity index (χ1) is 14.8. The van der Waals surface area contributed by atoms with Gasteiger partial charge in [-0.05, 0) is 26.0 Å². The molecule has 31 heavy (non-hydrogen) atoms. The molecule has 0 radical (unpaired) electrons. The number of rotatable bonds is 6. The number of carbonyl (C=O) groups excluding carboxylic acids is 3. The van der Waals surface area contributed by atoms with Crippen molar-refractivity contribution in [2.45, 2.75) is 26.3 Å². The van der Waals surface area contributed by atoms with Crippen LogP contribution in [0.1, 0.15) is 30.6 Å². The summed E-state index contributed by atoms with van der Waals surface area (Å²) in [6.45, 7) is 6.13. The van der Waals surface area contributed by atoms with E-state index in [-0.39, 0.29) is 36.1 Å². The van der Waals surface area contributed by atoms with E-state index in [0.717, 1.165) is 0 Å². The molecule has 2 aliphatic heterocycles. The quantitative estimate of drug-likeness (QED) is 0.671. The minimum Gasteiger partial charge on any atom is -0.493 e. The predicted molar refractivity (Wildman–Crippen MR) is 114 cm³/mol. The maximum absolute atomic E-state index is 13.0. The van der Waals surface area contributed by atoms with Crippen molar-refractivity contribution in [3.8, 4) is 17.2 Å². The number of nitrogens with zero attached hydrogens (tertiary/aromatic N) is 3. The van der Waals surface area contributed by atoms with Crippen molar-refractivity contribution < 1.29 is 28.6 Å². The Morgan fingerprint density at radius 3 is 1.94 bits per heavy atom. The van der Waals surface area contributed by atoms with Gasteiger partial charge in [-0.2, -0.15) is 0 Å². The van der Waals surface area contributed by atoms with E-state index >= 15 is 0 Å². The van der Waals surface area contributed by atoms with Gasteiger partial charge in [0.2, 0.25) is 17.6 Å². The van der Waals surface area contributed by atoms with E-state index in [2.05, 4.69) is 0 Å². The van der Waals surface area contributed by atoms with Crippen molar-refractivity contribution in [1.29, 1.82) is 0 Å². The van der Waals surface area contributed by atoms with Gasteiger partial charge in [-0.1, -0.05) is 0 Å². The summed E-state index contributed by atoms with van der Waals surface area (Å²) in [4.78, 5) is 43.3. The Labute approximate surface area is 182 Å². The lowest BCUT2D eigenvalue weighted by Crippen LogP contribution is -2.52. The van der Waals surface area contributed by atoms with E-state index < -0.39 is 0 Å². The first-order valence-corrected chi connectivity index (χ1v) is 10.5. The molecule has 1 aromatic rings. The molecule has 1 unspecified atom stereocenters. The van der Waals surface area contributed by atoms with Gasteiger partial charge in [0.25, 0.3) is 5.91 Å². The molecule has 0 aliphatic carbocycles. The summed E-state index contributed by atoms with van der Waals surface area (Å²) in [5.41, 5.74) is 0.434. The third kappa shape index (κ3) is 4.55. The molecule has 2 saturated heterocycles. The molecule has 0 spiro atoms. The van der Waals surface area contributed by atoms with Crippen molar-refractivity contribution in [3.05, 3.63) is 17.7 Å². The average Bonchev–Trinajstić information content (AvgIpc) is 3.18. The number of benzene rings is 1. The van der Waals surface area contributed by atoms with Gasteiger partial charge in [-0.15, -0.1) is 0 Å². The molecule has 9 heteroatoms. The topological polar surface area (TPSA) is 88.6 Å². The fourth-order valence-corrected chi connectivity index (χ4v) is 4.17. The van der Waals surface area contributed by atoms with Crippen LogP contribution in [0.3, 0.4) is 0 Å². The molecule has 0 saturated carbocycles. The lowest BCUT2D eigenvalue weighted by Gasteiger charge is -2.36. The van der Waals surface area contributed by atoms with Crippen LogP contribution in [0.4, 0.5) is 0 Å². The third-order valence-corrected chi connectivity index (χ3v) is 5.92. The molecule has 2 fully saturated rings. The summed E-state index contributed by atoms with van der Waals surface area (Å²) in [7, 11) is 4.52. The highest BCUT2D eigenvalue weighted by Crippen LogP contribution is 2.38. The van der Waals surface area contributed by atoms with Gasteiger partial charge in [0.15, 0.2) is 11.5 Å². The lowest BCUT2D eigenvalue weighted by molar-refractivity contribution is -0.137. The van der Waals surface area contributed by atoms with Crippen LogP contribution in [-0.2, 0) is 9.59 Å². The highest BCUT2D eigenvalue weighted by Gasteiger charge is 2.38. The van der Waals surface area contributed by atoms with E-state index in [4.69, 9.17) is 14.2 Å². The smallest absolute Gasteiger partial charge is 0.254 e. The van der Waals surface area contributed by atoms with Crippen molar-refractivity contribution in [2.24, 2.45) is 5.92 Å². The number of hydrogen-bond donors (Lipinski definition) is 0. The molecule has 3 amide bonds. The zero-order chi connectivity index (χ0) is 22.7. The van der Waals surface area contributed by atoms with Gasteiger partial charge in [0.1, 0.15) is 0 Å². The number of likely N-dealkylation sites (tertiary alicyclic amines) is 1. The van der Waals surface area contributed by atoms with Crippen LogP contribution in [-0.4, -0.2) is 92.5 Å². The maximum atomic E-state index is 13.0. The van der Waals surface area contributed by atoms with E-state index in [0.29, 0.717) is 55.5 Å². The minimum absolute atomic E-state index is 0.00335. The molecule has 3 rings (SSSR count). The number of amides is 3. The SMILES string of the molecule is COc1cc(C(=O)N2CCN(C(=O)C3CC(=O)N(C(C)C)C3)CC2)cc(OC)c1OC. The predicted octanol–water partition coefficient (Wildman–Crippen LogP) is 1.25. The standard InChI is InChI=1S/C22H31N3O6/c1-14(2)25-13-16(12-19(25)26)22(28)24-8-6-23(7-9-24)21(27)15-10-17(29-3)20(31-5)18(11-15)30-4/h10-11,14,16H,6-9,12-13H2,1-5H3. The molecule has 1 atom stereocenters. The second kappa shape index (κ2) is 9.45. The Morgan fingerprint density at radius 2 is 1.48 bits per heavy atom. The Bertz CT molecular complexity index is 823. The van der Waals surface area contributed by atoms with E-state index in [1.54, 1.807) is 26.8 Å². The van der Waals surface area contributed by atoms with Gasteiger partial charge < -0.3 is 28.9 Å². The van der Waals surface area contributed by atoms with Crippen LogP contribution in [0.5, 0.6) is 17.2 Å². The van der Waals surface area contributed by atoms with Gasteiger partial charge in [-0.3, -0.25) is 14.4 Å². The largest absolute Gasteiger partial charge is 0.493 e. The minimum atomic E-state index is -0.299. The van der Waals surface area contributed by atoms with E-state index in [1.165, 1.54) is 21.3 Å². The van der Waals surface area contributed by atoms with Gasteiger partial charge in [0, 0.05) is 50.7 Å². The number of methoxy groups -OCH3 is 3. The summed E-state index contributed by atoms with van der Waals surface area (Å²) in [5.74, 6) is 0.833. The van der Waals surface area contributed by atoms with Crippen LogP contribution in [0, 0.1) is 5.92 Å². The fourth-order valence-electron chi connectivity index (χ4n) is 4.17. The van der Waals surface area contributed by atoms with Crippen molar-refractivity contribution in [3.63, 3.8) is 0 Å². The first kappa shape index (κ1) is 22.7. The number of carbonyl (C=O) groups is 3. The lowest BCUT2D eigenvalue weighted by atomic mass is 10.1. The van der Waals surface area contributed by atoms with Crippen LogP contribution in [0.2, 0.25) is 0 Å². The summed E-state index contributed by atoms with van der Waals surface area (Å²) >= 11 is 0. The van der Waals surface area contributed by atoms with Crippen molar-refractivity contribution in [1.82, 2.24) is 14.7 Å². The molecule has 2 heterocycles. The highest BCUT2D eigenvalue weighted by molar-refractivity contribution is 5.96. The Balaban J connectivity index is 1.64. The molecular weight excluding hydrogens is 402 g/mol. The monoisotopic (exact) mass is 433 g/mol. The van der Waals surface area contributed by atoms with Gasteiger partial charge in [0.05, 0.1) is 27.2 Å². The number of ether oxygens (including phenoxy) is 3. The summed E-state index contributed by atoms with van der Waals surface area (Å²) < 4.78 is 16.0. The molecule has 1 aromatic carbocycles. The number of piperazine rings is 1. The molecule has 0 aromatic heterocycles. The summed E-state index contributed by atoms with van der Waals surface area (Å²) in [5, 5.41) is 0. The molecule has 2 aliphatic rings. The van der Waals surface area contributed by atoms with Crippen LogP contribution in [0.15, 0.2) is 12.1 Å². The molecule has 170 valence electrons. The molecular formula is C22H31N3O6. The average molecular weight is 434 g/mol. The van der Waals surface area contributed by atoms with Gasteiger partial charge >= 0.3 is 0 Å². The van der Waals surface area contributed by atoms with Crippen LogP contribution >= 0.6 is 0 Å². The second-order valence-electron chi connectivity index (χ2n) is 8.07. The normalized spacial score (nSPS) is 19.1. The zero-order valence-corrected chi connectivity index (χ0v) is 18.8. The Hall–Kier alpha value is -2.97. The highest BCUT2D eigenvalue weighted by atomic mass is 16.5. The second-order valence-corrected chi connectivity index (χ2v) is 8.07. The summed E-state index contributed by atoms with van der Waals surface area (Å²) in [6.07, 6.45) is 0.265. The zero-order valence-electron chi connectivity index (χ0n) is 18.8. The van der Waals surface area contributed by atoms with Crippen LogP contribution in [0.25, 0.3) is 0 Å². The van der Waals surface area contributed by atoms with Crippen LogP contribution < -0.4 is 14.2 Å². The maximum Gasteiger partial charge on any atom is 0.254 e. The van der Waals surface area contributed by atoms with Crippen molar-refractivity contribution >= 4 is 17.7 Å². The third-order valence-electron chi connectivity index (χ3n) is 5.92. The molecule has 0 N–H and O–H groups in total. The van der Waals surface area contributed by atoms with Gasteiger partial charge in [-0.25, -0.2) is 0 Å². The van der Waals surface area contributed by atoms with Crippen molar-refractivity contribution in [2.75, 3.05) is 54.1 Å². The molecule has 0 bridgehead atoms. The van der Waals surface area contributed by atoms with E-state index in [1.807, 2.05) is 13.8 Å². The summed E-state index contributed by atoms with van der Waals surface area (Å²) in [6, 6.07) is 3.36.